The number of ketones is 2. The number of H-pyrrole nitrogens is 1. The fourth-order valence-corrected chi connectivity index (χ4v) is 3.04. The molecule has 21 heavy (non-hydrogen) atoms. The lowest BCUT2D eigenvalue weighted by Gasteiger charge is -2.19. The van der Waals surface area contributed by atoms with Gasteiger partial charge < -0.3 is 9.72 Å². The summed E-state index contributed by atoms with van der Waals surface area (Å²) in [5.41, 5.74) is 2.13. The number of rotatable bonds is 1. The van der Waals surface area contributed by atoms with Crippen LogP contribution in [-0.2, 0) is 4.74 Å². The summed E-state index contributed by atoms with van der Waals surface area (Å²) < 4.78 is 5.35. The van der Waals surface area contributed by atoms with Gasteiger partial charge in [-0.25, -0.2) is 4.98 Å². The maximum Gasteiger partial charge on any atom is 0.251 e. The Morgan fingerprint density at radius 2 is 1.76 bits per heavy atom. The Bertz CT molecular complexity index is 742. The van der Waals surface area contributed by atoms with Gasteiger partial charge in [-0.05, 0) is 12.8 Å². The largest absolute Gasteiger partial charge is 0.381 e. The molecule has 2 heterocycles. The van der Waals surface area contributed by atoms with Crippen LogP contribution in [0.4, 0.5) is 0 Å². The molecule has 1 aromatic heterocycles. The van der Waals surface area contributed by atoms with E-state index in [-0.39, 0.29) is 5.92 Å². The van der Waals surface area contributed by atoms with Gasteiger partial charge in [-0.15, -0.1) is 0 Å². The summed E-state index contributed by atoms with van der Waals surface area (Å²) in [6.45, 7) is 1.42. The highest BCUT2D eigenvalue weighted by Gasteiger charge is 2.34. The van der Waals surface area contributed by atoms with Crippen molar-refractivity contribution in [1.82, 2.24) is 9.97 Å². The van der Waals surface area contributed by atoms with Crippen molar-refractivity contribution in [3.63, 3.8) is 0 Å². The molecule has 0 bridgehead atoms. The van der Waals surface area contributed by atoms with Gasteiger partial charge in [-0.3, -0.25) is 9.59 Å². The van der Waals surface area contributed by atoms with E-state index in [4.69, 9.17) is 4.74 Å². The van der Waals surface area contributed by atoms with E-state index in [0.29, 0.717) is 30.2 Å². The molecule has 5 heteroatoms. The van der Waals surface area contributed by atoms with Gasteiger partial charge >= 0.3 is 0 Å². The second kappa shape index (κ2) is 4.63. The van der Waals surface area contributed by atoms with Crippen LogP contribution in [0.25, 0.3) is 11.3 Å². The van der Waals surface area contributed by atoms with Crippen LogP contribution in [0.1, 0.15) is 45.4 Å². The minimum atomic E-state index is -0.491. The number of carbonyl (C=O) groups is 2. The quantitative estimate of drug-likeness (QED) is 0.815. The Kier molecular flexibility index (Phi) is 2.75. The Balaban J connectivity index is 1.84. The van der Waals surface area contributed by atoms with E-state index in [9.17, 15) is 9.59 Å². The van der Waals surface area contributed by atoms with Gasteiger partial charge in [0.05, 0.1) is 0 Å². The highest BCUT2D eigenvalue weighted by Crippen LogP contribution is 2.34. The summed E-state index contributed by atoms with van der Waals surface area (Å²) in [4.78, 5) is 32.1. The van der Waals surface area contributed by atoms with Crippen LogP contribution in [-0.4, -0.2) is 34.7 Å². The Hall–Kier alpha value is -2.27. The van der Waals surface area contributed by atoms with Crippen LogP contribution in [0.5, 0.6) is 0 Å². The van der Waals surface area contributed by atoms with E-state index >= 15 is 0 Å². The van der Waals surface area contributed by atoms with Crippen LogP contribution in [0.15, 0.2) is 24.3 Å². The summed E-state index contributed by atoms with van der Waals surface area (Å²) in [6, 6.07) is 7.14. The molecule has 1 N–H and O–H groups in total. The van der Waals surface area contributed by atoms with Gasteiger partial charge in [0.1, 0.15) is 17.2 Å². The first-order valence-electron chi connectivity index (χ1n) is 7.12. The third-order valence-electron chi connectivity index (χ3n) is 4.19. The second-order valence-corrected chi connectivity index (χ2v) is 5.44. The number of nitrogens with one attached hydrogen (secondary N) is 1. The third-order valence-corrected chi connectivity index (χ3v) is 4.19. The number of ether oxygens (including phenoxy) is 1. The van der Waals surface area contributed by atoms with Gasteiger partial charge in [0.15, 0.2) is 0 Å². The van der Waals surface area contributed by atoms with Gasteiger partial charge in [-0.1, -0.05) is 24.3 Å². The first-order valence-corrected chi connectivity index (χ1v) is 7.12. The summed E-state index contributed by atoms with van der Waals surface area (Å²) >= 11 is 0. The monoisotopic (exact) mass is 282 g/mol. The van der Waals surface area contributed by atoms with Crippen LogP contribution < -0.4 is 0 Å². The van der Waals surface area contributed by atoms with E-state index in [2.05, 4.69) is 9.97 Å². The zero-order valence-electron chi connectivity index (χ0n) is 11.4. The lowest BCUT2D eigenvalue weighted by molar-refractivity contribution is 0.0810. The Morgan fingerprint density at radius 1 is 1.05 bits per heavy atom. The molecule has 0 atom stereocenters. The molecular formula is C16H14N2O3. The van der Waals surface area contributed by atoms with Crippen molar-refractivity contribution in [1.29, 1.82) is 0 Å². The summed E-state index contributed by atoms with van der Waals surface area (Å²) in [5, 5.41) is 0. The van der Waals surface area contributed by atoms with Gasteiger partial charge in [0, 0.05) is 30.3 Å². The topological polar surface area (TPSA) is 72.0 Å². The molecule has 106 valence electrons. The lowest BCUT2D eigenvalue weighted by Crippen LogP contribution is -2.21. The van der Waals surface area contributed by atoms with Crippen LogP contribution in [0.3, 0.4) is 0 Å². The average molecular weight is 282 g/mol. The van der Waals surface area contributed by atoms with Crippen molar-refractivity contribution in [3.05, 3.63) is 41.3 Å². The molecule has 1 aliphatic carbocycles. The molecular weight excluding hydrogens is 268 g/mol. The molecule has 0 amide bonds. The van der Waals surface area contributed by atoms with Gasteiger partial charge in [0.25, 0.3) is 5.78 Å². The van der Waals surface area contributed by atoms with Crippen LogP contribution in [0, 0.1) is 0 Å². The second-order valence-electron chi connectivity index (χ2n) is 5.44. The van der Waals surface area contributed by atoms with Gasteiger partial charge in [0.2, 0.25) is 5.78 Å². The maximum atomic E-state index is 12.2. The van der Waals surface area contributed by atoms with Crippen LogP contribution >= 0.6 is 0 Å². The predicted octanol–water partition coefficient (Wildman–Crippen LogP) is 2.35. The van der Waals surface area contributed by atoms with Crippen molar-refractivity contribution in [2.75, 3.05) is 13.2 Å². The number of nitrogens with zero attached hydrogens (tertiary/aromatic N) is 1. The molecule has 2 aromatic rings. The highest BCUT2D eigenvalue weighted by atomic mass is 16.5. The number of hydrogen-bond acceptors (Lipinski definition) is 4. The maximum absolute atomic E-state index is 12.2. The predicted molar refractivity (Wildman–Crippen MR) is 75.5 cm³/mol. The number of benzene rings is 1. The van der Waals surface area contributed by atoms with Crippen molar-refractivity contribution < 1.29 is 14.3 Å². The number of hydrogen-bond donors (Lipinski definition) is 1. The number of carbonyl (C=O) groups excluding carboxylic acids is 2. The minimum Gasteiger partial charge on any atom is -0.381 e. The molecule has 1 aromatic carbocycles. The van der Waals surface area contributed by atoms with Crippen molar-refractivity contribution in [2.45, 2.75) is 18.8 Å². The fourth-order valence-electron chi connectivity index (χ4n) is 3.04. The van der Waals surface area contributed by atoms with Crippen molar-refractivity contribution in [3.8, 4) is 11.3 Å². The van der Waals surface area contributed by atoms with E-state index in [1.165, 1.54) is 0 Å². The van der Waals surface area contributed by atoms with E-state index < -0.39 is 11.6 Å². The molecule has 5 nitrogen and oxygen atoms in total. The van der Waals surface area contributed by atoms with E-state index in [0.717, 1.165) is 24.2 Å². The van der Waals surface area contributed by atoms with Gasteiger partial charge in [-0.2, -0.15) is 0 Å². The van der Waals surface area contributed by atoms with Crippen molar-refractivity contribution in [2.24, 2.45) is 0 Å². The average Bonchev–Trinajstić information content (AvgIpc) is 2.99. The summed E-state index contributed by atoms with van der Waals surface area (Å²) in [5.74, 6) is 0.107. The standard InChI is InChI=1S/C16H14N2O3/c19-14-11-4-2-1-3-10(11)12-13(15(14)20)18-16(17-12)9-5-7-21-8-6-9/h1-4,9H,5-8H2,(H,17,18). The molecule has 0 spiro atoms. The molecule has 1 aliphatic heterocycles. The number of aromatic nitrogens is 2. The number of Topliss-reactive ketones (excluding diaryl/α,β-unsaturated/α-hetero) is 2. The Labute approximate surface area is 121 Å². The first-order chi connectivity index (χ1) is 10.3. The SMILES string of the molecule is O=C1C(=O)c2[nH]c(C3CCOCC3)nc2-c2ccccc21. The zero-order chi connectivity index (χ0) is 14.4. The molecule has 0 unspecified atom stereocenters. The zero-order valence-corrected chi connectivity index (χ0v) is 11.4. The van der Waals surface area contributed by atoms with Crippen LogP contribution in [0.2, 0.25) is 0 Å². The van der Waals surface area contributed by atoms with E-state index in [1.807, 2.05) is 12.1 Å². The summed E-state index contributed by atoms with van der Waals surface area (Å²) in [7, 11) is 0. The smallest absolute Gasteiger partial charge is 0.251 e. The minimum absolute atomic E-state index is 0.263. The number of aromatic amines is 1. The highest BCUT2D eigenvalue weighted by molar-refractivity contribution is 6.52. The third kappa shape index (κ3) is 1.85. The number of fused-ring (bicyclic) bond motifs is 3. The molecule has 0 radical (unpaired) electrons. The molecule has 2 aliphatic rings. The normalized spacial score (nSPS) is 18.5. The van der Waals surface area contributed by atoms with E-state index in [1.54, 1.807) is 12.1 Å². The molecule has 4 rings (SSSR count). The molecule has 1 fully saturated rings. The first kappa shape index (κ1) is 12.5. The number of imidazole rings is 1. The Morgan fingerprint density at radius 3 is 2.52 bits per heavy atom. The fraction of sp³-hybridized carbons (Fsp3) is 0.312. The summed E-state index contributed by atoms with van der Waals surface area (Å²) in [6.07, 6.45) is 1.77. The molecule has 0 saturated carbocycles. The molecule has 1 saturated heterocycles. The van der Waals surface area contributed by atoms with Crippen molar-refractivity contribution >= 4 is 11.6 Å². The lowest BCUT2D eigenvalue weighted by atomic mass is 9.90.